The normalized spacial score (nSPS) is 20.1. The first-order valence-corrected chi connectivity index (χ1v) is 8.15. The third-order valence-electron chi connectivity index (χ3n) is 4.92. The Labute approximate surface area is 136 Å². The summed E-state index contributed by atoms with van der Waals surface area (Å²) >= 11 is 0. The van der Waals surface area contributed by atoms with Gasteiger partial charge in [0, 0.05) is 30.9 Å². The van der Waals surface area contributed by atoms with Crippen LogP contribution in [0.25, 0.3) is 0 Å². The molecule has 0 radical (unpaired) electrons. The third kappa shape index (κ3) is 3.16. The predicted molar refractivity (Wildman–Crippen MR) is 87.6 cm³/mol. The van der Waals surface area contributed by atoms with Crippen molar-refractivity contribution in [2.45, 2.75) is 38.8 Å². The number of likely N-dealkylation sites (tertiary alicyclic amines) is 1. The van der Waals surface area contributed by atoms with Gasteiger partial charge < -0.3 is 5.11 Å². The van der Waals surface area contributed by atoms with Crippen molar-refractivity contribution in [3.05, 3.63) is 52.6 Å². The molecule has 2 atom stereocenters. The van der Waals surface area contributed by atoms with E-state index in [0.717, 1.165) is 30.6 Å². The minimum atomic E-state index is -0.603. The maximum absolute atomic E-state index is 13.0. The summed E-state index contributed by atoms with van der Waals surface area (Å²) in [5.41, 5.74) is 4.31. The highest BCUT2D eigenvalue weighted by molar-refractivity contribution is 5.29. The first-order valence-electron chi connectivity index (χ1n) is 8.15. The number of aliphatic hydroxyl groups excluding tert-OH is 1. The molecule has 1 saturated heterocycles. The summed E-state index contributed by atoms with van der Waals surface area (Å²) in [5.74, 6) is -0.276. The summed E-state index contributed by atoms with van der Waals surface area (Å²) in [4.78, 5) is 2.32. The molecule has 0 spiro atoms. The largest absolute Gasteiger partial charge is 0.387 e. The molecule has 3 rings (SSSR count). The smallest absolute Gasteiger partial charge is 0.123 e. The Morgan fingerprint density at radius 2 is 2.00 bits per heavy atom. The van der Waals surface area contributed by atoms with E-state index in [-0.39, 0.29) is 5.82 Å². The number of hydrogen-bond acceptors (Lipinski definition) is 3. The Balaban J connectivity index is 1.78. The minimum absolute atomic E-state index is 0.276. The molecule has 5 heteroatoms. The highest BCUT2D eigenvalue weighted by Crippen LogP contribution is 2.36. The SMILES string of the molecule is Cc1nn(C)c(C)c1C1CCCN1C[C@H](O)c1ccc(F)cc1. The summed E-state index contributed by atoms with van der Waals surface area (Å²) < 4.78 is 15.0. The van der Waals surface area contributed by atoms with Gasteiger partial charge in [0.15, 0.2) is 0 Å². The molecule has 1 fully saturated rings. The monoisotopic (exact) mass is 317 g/mol. The molecular formula is C18H24FN3O. The lowest BCUT2D eigenvalue weighted by molar-refractivity contribution is 0.106. The van der Waals surface area contributed by atoms with Crippen molar-refractivity contribution in [3.63, 3.8) is 0 Å². The fourth-order valence-electron chi connectivity index (χ4n) is 3.66. The molecule has 1 aromatic carbocycles. The Bertz CT molecular complexity index is 680. The van der Waals surface area contributed by atoms with E-state index in [1.807, 2.05) is 11.7 Å². The number of aromatic nitrogens is 2. The fourth-order valence-corrected chi connectivity index (χ4v) is 3.66. The number of nitrogens with zero attached hydrogens (tertiary/aromatic N) is 3. The number of hydrogen-bond donors (Lipinski definition) is 1. The quantitative estimate of drug-likeness (QED) is 0.942. The minimum Gasteiger partial charge on any atom is -0.387 e. The lowest BCUT2D eigenvalue weighted by Gasteiger charge is -2.27. The molecule has 1 aromatic heterocycles. The van der Waals surface area contributed by atoms with Gasteiger partial charge in [0.25, 0.3) is 0 Å². The van der Waals surface area contributed by atoms with Crippen molar-refractivity contribution < 1.29 is 9.50 Å². The second-order valence-corrected chi connectivity index (χ2v) is 6.43. The highest BCUT2D eigenvalue weighted by atomic mass is 19.1. The van der Waals surface area contributed by atoms with Gasteiger partial charge in [-0.25, -0.2) is 4.39 Å². The van der Waals surface area contributed by atoms with E-state index < -0.39 is 6.10 Å². The molecule has 1 aliphatic heterocycles. The van der Waals surface area contributed by atoms with Gasteiger partial charge in [-0.3, -0.25) is 9.58 Å². The molecule has 0 aliphatic carbocycles. The maximum Gasteiger partial charge on any atom is 0.123 e. The van der Waals surface area contributed by atoms with Crippen molar-refractivity contribution in [3.8, 4) is 0 Å². The Morgan fingerprint density at radius 1 is 1.30 bits per heavy atom. The van der Waals surface area contributed by atoms with Crippen LogP contribution in [-0.4, -0.2) is 32.9 Å². The van der Waals surface area contributed by atoms with Gasteiger partial charge in [0.2, 0.25) is 0 Å². The zero-order chi connectivity index (χ0) is 16.6. The van der Waals surface area contributed by atoms with Crippen LogP contribution in [0, 0.1) is 19.7 Å². The molecular weight excluding hydrogens is 293 g/mol. The van der Waals surface area contributed by atoms with Crippen molar-refractivity contribution >= 4 is 0 Å². The van der Waals surface area contributed by atoms with Crippen LogP contribution in [0.15, 0.2) is 24.3 Å². The summed E-state index contributed by atoms with van der Waals surface area (Å²) in [6.45, 7) is 5.68. The van der Waals surface area contributed by atoms with Crippen LogP contribution in [0.2, 0.25) is 0 Å². The van der Waals surface area contributed by atoms with Crippen LogP contribution in [-0.2, 0) is 7.05 Å². The average Bonchev–Trinajstić information content (AvgIpc) is 3.04. The van der Waals surface area contributed by atoms with Crippen LogP contribution < -0.4 is 0 Å². The maximum atomic E-state index is 13.0. The molecule has 0 amide bonds. The number of aliphatic hydroxyl groups is 1. The van der Waals surface area contributed by atoms with E-state index in [2.05, 4.69) is 23.8 Å². The first-order chi connectivity index (χ1) is 11.0. The van der Waals surface area contributed by atoms with Gasteiger partial charge in [-0.05, 0) is 50.9 Å². The molecule has 1 N–H and O–H groups in total. The van der Waals surface area contributed by atoms with Crippen LogP contribution in [0.5, 0.6) is 0 Å². The standard InChI is InChI=1S/C18H24FN3O/c1-12-18(13(2)21(3)20-12)16-5-4-10-22(16)11-17(23)14-6-8-15(19)9-7-14/h6-9,16-17,23H,4-5,10-11H2,1-3H3/t16?,17-/m0/s1. The van der Waals surface area contributed by atoms with Crippen molar-refractivity contribution in [1.82, 2.24) is 14.7 Å². The Hall–Kier alpha value is -1.72. The van der Waals surface area contributed by atoms with E-state index in [1.54, 1.807) is 12.1 Å². The average molecular weight is 317 g/mol. The van der Waals surface area contributed by atoms with Crippen LogP contribution in [0.1, 0.15) is 47.5 Å². The molecule has 2 aromatic rings. The van der Waals surface area contributed by atoms with E-state index >= 15 is 0 Å². The zero-order valence-corrected chi connectivity index (χ0v) is 14.0. The molecule has 1 aliphatic rings. The molecule has 0 saturated carbocycles. The zero-order valence-electron chi connectivity index (χ0n) is 14.0. The number of rotatable bonds is 4. The van der Waals surface area contributed by atoms with Gasteiger partial charge >= 0.3 is 0 Å². The van der Waals surface area contributed by atoms with E-state index in [0.29, 0.717) is 12.6 Å². The third-order valence-corrected chi connectivity index (χ3v) is 4.92. The molecule has 2 heterocycles. The summed E-state index contributed by atoms with van der Waals surface area (Å²) in [7, 11) is 1.97. The highest BCUT2D eigenvalue weighted by Gasteiger charge is 2.31. The number of β-amino-alcohol motifs (C(OH)–C–C–N with tert-alkyl or cyclic N) is 1. The Kier molecular flexibility index (Phi) is 4.50. The van der Waals surface area contributed by atoms with Crippen LogP contribution in [0.4, 0.5) is 4.39 Å². The fraction of sp³-hybridized carbons (Fsp3) is 0.500. The van der Waals surface area contributed by atoms with E-state index in [1.165, 1.54) is 23.4 Å². The van der Waals surface area contributed by atoms with Crippen molar-refractivity contribution in [2.24, 2.45) is 7.05 Å². The Morgan fingerprint density at radius 3 is 2.61 bits per heavy atom. The molecule has 4 nitrogen and oxygen atoms in total. The van der Waals surface area contributed by atoms with Gasteiger partial charge in [0.1, 0.15) is 5.82 Å². The van der Waals surface area contributed by atoms with Crippen molar-refractivity contribution in [1.29, 1.82) is 0 Å². The van der Waals surface area contributed by atoms with Gasteiger partial charge in [-0.15, -0.1) is 0 Å². The molecule has 124 valence electrons. The van der Waals surface area contributed by atoms with Crippen LogP contribution in [0.3, 0.4) is 0 Å². The lowest BCUT2D eigenvalue weighted by Crippen LogP contribution is -2.29. The number of halogens is 1. The summed E-state index contributed by atoms with van der Waals surface area (Å²) in [6.07, 6.45) is 1.60. The number of benzene rings is 1. The van der Waals surface area contributed by atoms with E-state index in [9.17, 15) is 9.50 Å². The molecule has 1 unspecified atom stereocenters. The summed E-state index contributed by atoms with van der Waals surface area (Å²) in [5, 5.41) is 15.0. The van der Waals surface area contributed by atoms with Crippen molar-refractivity contribution in [2.75, 3.05) is 13.1 Å². The van der Waals surface area contributed by atoms with Gasteiger partial charge in [-0.1, -0.05) is 12.1 Å². The van der Waals surface area contributed by atoms with Crippen LogP contribution >= 0.6 is 0 Å². The molecule has 23 heavy (non-hydrogen) atoms. The van der Waals surface area contributed by atoms with Gasteiger partial charge in [0.05, 0.1) is 11.8 Å². The van der Waals surface area contributed by atoms with Gasteiger partial charge in [-0.2, -0.15) is 5.10 Å². The first kappa shape index (κ1) is 16.1. The summed E-state index contributed by atoms with van der Waals surface area (Å²) in [6, 6.07) is 6.42. The number of aryl methyl sites for hydroxylation is 2. The molecule has 0 bridgehead atoms. The second-order valence-electron chi connectivity index (χ2n) is 6.43. The lowest BCUT2D eigenvalue weighted by atomic mass is 10.0. The van der Waals surface area contributed by atoms with E-state index in [4.69, 9.17) is 0 Å². The topological polar surface area (TPSA) is 41.3 Å². The predicted octanol–water partition coefficient (Wildman–Crippen LogP) is 3.05. The second kappa shape index (κ2) is 6.42.